The Kier molecular flexibility index (Phi) is 28.1. The van der Waals surface area contributed by atoms with Crippen LogP contribution in [0.25, 0.3) is 0 Å². The molecule has 1 aromatic carbocycles. The lowest BCUT2D eigenvalue weighted by molar-refractivity contribution is -0.137. The highest BCUT2D eigenvalue weighted by Gasteiger charge is 2.30. The third-order valence-electron chi connectivity index (χ3n) is 4.74. The first-order valence-electron chi connectivity index (χ1n) is 15.0. The van der Waals surface area contributed by atoms with E-state index in [1.165, 1.54) is 42.5 Å². The second kappa shape index (κ2) is 27.6. The molecule has 0 saturated heterocycles. The molecule has 47 heavy (non-hydrogen) atoms. The predicted molar refractivity (Wildman–Crippen MR) is 178 cm³/mol. The molecule has 0 unspecified atom stereocenters. The molecular formula is C32H52F3N3O8S. The molecule has 0 aromatic heterocycles. The molecule has 0 fully saturated rings. The summed E-state index contributed by atoms with van der Waals surface area (Å²) in [6, 6.07) is 4.26. The number of alkyl halides is 3. The summed E-state index contributed by atoms with van der Waals surface area (Å²) in [4.78, 5) is 32.3. The first-order valence-corrected chi connectivity index (χ1v) is 16.4. The third-order valence-corrected chi connectivity index (χ3v) is 6.24. The third kappa shape index (κ3) is 29.6. The Labute approximate surface area is 277 Å². The van der Waals surface area contributed by atoms with Gasteiger partial charge in [-0.1, -0.05) is 50.1 Å². The van der Waals surface area contributed by atoms with Crippen LogP contribution in [0.4, 0.5) is 18.0 Å². The fraction of sp³-hybridized carbons (Fsp3) is 0.531. The highest BCUT2D eigenvalue weighted by atomic mass is 32.2. The van der Waals surface area contributed by atoms with Gasteiger partial charge in [-0.2, -0.15) is 21.6 Å². The number of carbonyl (C=O) groups is 3. The minimum absolute atomic E-state index is 0.0322. The number of likely N-dealkylation sites (N-methyl/N-ethyl adjacent to an activating group) is 1. The number of amides is 2. The molecule has 0 saturated carbocycles. The largest absolute Gasteiger partial charge is 0.444 e. The van der Waals surface area contributed by atoms with Crippen LogP contribution in [0.1, 0.15) is 83.7 Å². The second-order valence-corrected chi connectivity index (χ2v) is 11.7. The second-order valence-electron chi connectivity index (χ2n) is 10.1. The van der Waals surface area contributed by atoms with Gasteiger partial charge in [0.1, 0.15) is 11.9 Å². The van der Waals surface area contributed by atoms with Crippen molar-refractivity contribution in [1.29, 1.82) is 0 Å². The summed E-state index contributed by atoms with van der Waals surface area (Å²) in [7, 11) is -3.69. The summed E-state index contributed by atoms with van der Waals surface area (Å²) in [6.07, 6.45) is 6.10. The summed E-state index contributed by atoms with van der Waals surface area (Å²) in [5.74, 6) is -0.225. The SMILES string of the molecule is CCCCCNC(=O)OC(C)(C)C.C\C=C(/C=C\C=C\C(=O)NCC)S(=O)(=O)OCC.NCCO.O=Cc1cccc(C(F)(F)F)c1. The number of benzene rings is 1. The van der Waals surface area contributed by atoms with Gasteiger partial charge in [-0.15, -0.1) is 0 Å². The maximum atomic E-state index is 12.0. The van der Waals surface area contributed by atoms with Crippen molar-refractivity contribution in [1.82, 2.24) is 10.6 Å². The van der Waals surface area contributed by atoms with Crippen LogP contribution in [0.2, 0.25) is 0 Å². The van der Waals surface area contributed by atoms with Crippen LogP contribution in [0.15, 0.2) is 59.6 Å². The Morgan fingerprint density at radius 2 is 1.62 bits per heavy atom. The van der Waals surface area contributed by atoms with Crippen LogP contribution in [-0.2, 0) is 30.0 Å². The fourth-order valence-electron chi connectivity index (χ4n) is 2.74. The molecule has 0 heterocycles. The fourth-order valence-corrected chi connectivity index (χ4v) is 3.72. The number of alkyl carbamates (subject to hydrolysis) is 1. The van der Waals surface area contributed by atoms with Crippen molar-refractivity contribution in [2.24, 2.45) is 5.73 Å². The van der Waals surface area contributed by atoms with E-state index in [4.69, 9.17) is 15.6 Å². The van der Waals surface area contributed by atoms with E-state index in [9.17, 15) is 36.0 Å². The molecular weight excluding hydrogens is 643 g/mol. The van der Waals surface area contributed by atoms with Crippen molar-refractivity contribution < 1.29 is 50.0 Å². The molecule has 0 radical (unpaired) electrons. The number of nitrogens with one attached hydrogen (secondary N) is 2. The number of halogens is 3. The minimum Gasteiger partial charge on any atom is -0.444 e. The van der Waals surface area contributed by atoms with Gasteiger partial charge in [0.15, 0.2) is 0 Å². The lowest BCUT2D eigenvalue weighted by Gasteiger charge is -2.19. The number of aliphatic hydroxyl groups excluding tert-OH is 1. The van der Waals surface area contributed by atoms with E-state index < -0.39 is 27.5 Å². The first kappa shape index (κ1) is 47.9. The number of hydrogen-bond donors (Lipinski definition) is 4. The topological polar surface area (TPSA) is 174 Å². The quantitative estimate of drug-likeness (QED) is 0.0667. The van der Waals surface area contributed by atoms with Crippen molar-refractivity contribution in [2.75, 3.05) is 32.8 Å². The van der Waals surface area contributed by atoms with Gasteiger partial charge in [0.25, 0.3) is 10.1 Å². The molecule has 0 atom stereocenters. The van der Waals surface area contributed by atoms with E-state index >= 15 is 0 Å². The average molecular weight is 696 g/mol. The number of hydrogen-bond acceptors (Lipinski definition) is 9. The smallest absolute Gasteiger partial charge is 0.416 e. The highest BCUT2D eigenvalue weighted by molar-refractivity contribution is 7.90. The number of unbranched alkanes of at least 4 members (excludes halogenated alkanes) is 2. The molecule has 11 nitrogen and oxygen atoms in total. The van der Waals surface area contributed by atoms with E-state index in [2.05, 4.69) is 21.7 Å². The van der Waals surface area contributed by atoms with Crippen molar-refractivity contribution in [3.8, 4) is 0 Å². The van der Waals surface area contributed by atoms with Crippen LogP contribution in [0, 0.1) is 0 Å². The zero-order valence-electron chi connectivity index (χ0n) is 28.4. The predicted octanol–water partition coefficient (Wildman–Crippen LogP) is 5.66. The van der Waals surface area contributed by atoms with Crippen LogP contribution in [0.5, 0.6) is 0 Å². The Bertz CT molecular complexity index is 1210. The number of allylic oxidation sites excluding steroid dienone is 4. The van der Waals surface area contributed by atoms with Gasteiger partial charge in [-0.25, -0.2) is 4.79 Å². The van der Waals surface area contributed by atoms with E-state index in [-0.39, 0.29) is 35.7 Å². The van der Waals surface area contributed by atoms with E-state index in [1.807, 2.05) is 27.7 Å². The Hall–Kier alpha value is -3.53. The number of carbonyl (C=O) groups excluding carboxylic acids is 3. The molecule has 1 rings (SSSR count). The molecule has 1 aromatic rings. The Balaban J connectivity index is -0.000000595. The monoisotopic (exact) mass is 695 g/mol. The summed E-state index contributed by atoms with van der Waals surface area (Å²) in [6.45, 7) is 14.5. The van der Waals surface area contributed by atoms with E-state index in [0.29, 0.717) is 25.9 Å². The molecule has 0 aliphatic heterocycles. The van der Waals surface area contributed by atoms with Crippen molar-refractivity contribution in [2.45, 2.75) is 79.5 Å². The molecule has 5 N–H and O–H groups in total. The summed E-state index contributed by atoms with van der Waals surface area (Å²) in [5, 5.41) is 13.0. The minimum atomic E-state index is -4.38. The lowest BCUT2D eigenvalue weighted by atomic mass is 10.1. The number of aliphatic hydroxyl groups is 1. The maximum Gasteiger partial charge on any atom is 0.416 e. The van der Waals surface area contributed by atoms with Gasteiger partial charge in [-0.3, -0.25) is 13.8 Å². The number of aldehydes is 1. The van der Waals surface area contributed by atoms with Crippen LogP contribution >= 0.6 is 0 Å². The number of ether oxygens (including phenoxy) is 1. The molecule has 0 bridgehead atoms. The van der Waals surface area contributed by atoms with Crippen molar-refractivity contribution in [3.05, 3.63) is 70.7 Å². The summed E-state index contributed by atoms with van der Waals surface area (Å²) in [5.41, 5.74) is 3.62. The standard InChI is InChI=1S/C12H19NO4S.C10H21NO2.C8H5F3O.C2H7NO/c1-4-11(18(15,16)17-6-3)9-7-8-10-12(14)13-5-2;1-5-6-7-8-11-9(12)13-10(2,3)4;9-8(10,11)7-3-1-2-6(4-7)5-12;3-1-2-4/h4,7-10H,5-6H2,1-3H3,(H,13,14);5-8H2,1-4H3,(H,11,12);1-5H;4H,1-3H2/b9-7-,10-8+,11-4+;;;. The van der Waals surface area contributed by atoms with Crippen molar-refractivity contribution in [3.63, 3.8) is 0 Å². The number of nitrogens with two attached hydrogens (primary N) is 1. The molecule has 0 aliphatic rings. The summed E-state index contributed by atoms with van der Waals surface area (Å²) >= 11 is 0. The van der Waals surface area contributed by atoms with E-state index in [1.54, 1.807) is 13.8 Å². The molecule has 2 amide bonds. The zero-order chi connectivity index (χ0) is 36.9. The van der Waals surface area contributed by atoms with Crippen LogP contribution < -0.4 is 16.4 Å². The van der Waals surface area contributed by atoms with E-state index in [0.717, 1.165) is 31.4 Å². The maximum absolute atomic E-state index is 12.0. The Morgan fingerprint density at radius 1 is 1.02 bits per heavy atom. The highest BCUT2D eigenvalue weighted by Crippen LogP contribution is 2.29. The molecule has 270 valence electrons. The molecule has 0 aliphatic carbocycles. The molecule has 15 heteroatoms. The average Bonchev–Trinajstić information content (AvgIpc) is 2.99. The first-order chi connectivity index (χ1) is 21.9. The lowest BCUT2D eigenvalue weighted by Crippen LogP contribution is -2.32. The number of rotatable bonds is 13. The van der Waals surface area contributed by atoms with Crippen molar-refractivity contribution >= 4 is 28.4 Å². The van der Waals surface area contributed by atoms with Gasteiger partial charge in [0.2, 0.25) is 5.91 Å². The Morgan fingerprint density at radius 3 is 2.06 bits per heavy atom. The normalized spacial score (nSPS) is 11.7. The van der Waals surface area contributed by atoms with Crippen LogP contribution in [-0.4, -0.2) is 70.3 Å². The van der Waals surface area contributed by atoms with Gasteiger partial charge in [0.05, 0.1) is 23.7 Å². The van der Waals surface area contributed by atoms with Gasteiger partial charge < -0.3 is 26.2 Å². The van der Waals surface area contributed by atoms with Gasteiger partial charge in [0, 0.05) is 31.3 Å². The molecule has 0 spiro atoms. The zero-order valence-corrected chi connectivity index (χ0v) is 29.2. The van der Waals surface area contributed by atoms with Gasteiger partial charge >= 0.3 is 12.3 Å². The van der Waals surface area contributed by atoms with Crippen LogP contribution in [0.3, 0.4) is 0 Å². The summed E-state index contributed by atoms with van der Waals surface area (Å²) < 4.78 is 68.8. The van der Waals surface area contributed by atoms with Gasteiger partial charge in [-0.05, 0) is 66.2 Å².